The van der Waals surface area contributed by atoms with Gasteiger partial charge in [0.05, 0.1) is 0 Å². The quantitative estimate of drug-likeness (QED) is 0.478. The Morgan fingerprint density at radius 3 is 3.08 bits per heavy atom. The molecule has 0 saturated carbocycles. The summed E-state index contributed by atoms with van der Waals surface area (Å²) in [5.74, 6) is 0.0406. The zero-order chi connectivity index (χ0) is 8.97. The molecule has 1 rings (SSSR count). The summed E-state index contributed by atoms with van der Waals surface area (Å²) in [5, 5.41) is 9.00. The highest BCUT2D eigenvalue weighted by Crippen LogP contribution is 2.02. The summed E-state index contributed by atoms with van der Waals surface area (Å²) in [6, 6.07) is -0.154. The van der Waals surface area contributed by atoms with Gasteiger partial charge in [-0.1, -0.05) is 0 Å². The average Bonchev–Trinajstić information content (AvgIpc) is 2.09. The van der Waals surface area contributed by atoms with Gasteiger partial charge in [0, 0.05) is 13.6 Å². The lowest BCUT2D eigenvalue weighted by atomic mass is 10.1. The van der Waals surface area contributed by atoms with Gasteiger partial charge in [0.15, 0.2) is 5.11 Å². The van der Waals surface area contributed by atoms with Crippen molar-refractivity contribution in [3.8, 4) is 0 Å². The molecular weight excluding hydrogens is 174 g/mol. The standard InChI is InChI=1S/C7H13N3OS/c1-8-7(12)10-5-3-2-4-9-6(5)11/h5H,2-4H2,1H3,(H,9,11)(H2,8,10,12). The van der Waals surface area contributed by atoms with Crippen LogP contribution in [0.3, 0.4) is 0 Å². The number of amides is 1. The molecule has 1 amide bonds. The Balaban J connectivity index is 2.39. The van der Waals surface area contributed by atoms with E-state index in [4.69, 9.17) is 12.2 Å². The molecule has 1 fully saturated rings. The molecule has 5 heteroatoms. The van der Waals surface area contributed by atoms with Crippen LogP contribution < -0.4 is 16.0 Å². The molecule has 1 saturated heterocycles. The molecule has 0 spiro atoms. The van der Waals surface area contributed by atoms with E-state index in [2.05, 4.69) is 16.0 Å². The molecule has 4 nitrogen and oxygen atoms in total. The molecule has 3 N–H and O–H groups in total. The number of hydrogen-bond donors (Lipinski definition) is 3. The van der Waals surface area contributed by atoms with Crippen molar-refractivity contribution < 1.29 is 4.79 Å². The third kappa shape index (κ3) is 2.34. The van der Waals surface area contributed by atoms with Crippen LogP contribution in [-0.2, 0) is 4.79 Å². The van der Waals surface area contributed by atoms with Crippen LogP contribution in [0.4, 0.5) is 0 Å². The fourth-order valence-corrected chi connectivity index (χ4v) is 1.28. The predicted octanol–water partition coefficient (Wildman–Crippen LogP) is -0.641. The Morgan fingerprint density at radius 1 is 1.75 bits per heavy atom. The van der Waals surface area contributed by atoms with Crippen LogP contribution in [-0.4, -0.2) is 30.7 Å². The maximum absolute atomic E-state index is 11.2. The van der Waals surface area contributed by atoms with Gasteiger partial charge in [-0.2, -0.15) is 0 Å². The largest absolute Gasteiger partial charge is 0.366 e. The first-order chi connectivity index (χ1) is 5.74. The van der Waals surface area contributed by atoms with Gasteiger partial charge in [0.25, 0.3) is 0 Å². The van der Waals surface area contributed by atoms with E-state index in [0.29, 0.717) is 5.11 Å². The molecule has 1 unspecified atom stereocenters. The number of nitrogens with one attached hydrogen (secondary N) is 3. The van der Waals surface area contributed by atoms with Crippen molar-refractivity contribution in [2.24, 2.45) is 0 Å². The smallest absolute Gasteiger partial charge is 0.242 e. The topological polar surface area (TPSA) is 53.2 Å². The molecule has 1 aliphatic rings. The molecule has 0 radical (unpaired) electrons. The van der Waals surface area contributed by atoms with Crippen LogP contribution in [0.15, 0.2) is 0 Å². The summed E-state index contributed by atoms with van der Waals surface area (Å²) in [4.78, 5) is 11.2. The average molecular weight is 187 g/mol. The summed E-state index contributed by atoms with van der Waals surface area (Å²) in [6.07, 6.45) is 1.86. The highest BCUT2D eigenvalue weighted by molar-refractivity contribution is 7.80. The van der Waals surface area contributed by atoms with Gasteiger partial charge in [0.1, 0.15) is 6.04 Å². The van der Waals surface area contributed by atoms with Crippen molar-refractivity contribution in [2.45, 2.75) is 18.9 Å². The minimum absolute atomic E-state index is 0.0406. The Labute approximate surface area is 77.1 Å². The Hall–Kier alpha value is -0.840. The first-order valence-electron chi connectivity index (χ1n) is 4.00. The second kappa shape index (κ2) is 4.25. The molecule has 0 aromatic carbocycles. The van der Waals surface area contributed by atoms with Gasteiger partial charge in [-0.25, -0.2) is 0 Å². The summed E-state index contributed by atoms with van der Waals surface area (Å²) < 4.78 is 0. The van der Waals surface area contributed by atoms with Crippen LogP contribution in [0.1, 0.15) is 12.8 Å². The summed E-state index contributed by atoms with van der Waals surface area (Å²) >= 11 is 4.89. The molecule has 0 aromatic rings. The van der Waals surface area contributed by atoms with Gasteiger partial charge in [0.2, 0.25) is 5.91 Å². The zero-order valence-corrected chi connectivity index (χ0v) is 7.83. The monoisotopic (exact) mass is 187 g/mol. The van der Waals surface area contributed by atoms with Crippen molar-refractivity contribution in [1.82, 2.24) is 16.0 Å². The van der Waals surface area contributed by atoms with E-state index < -0.39 is 0 Å². The first-order valence-corrected chi connectivity index (χ1v) is 4.41. The number of piperidine rings is 1. The van der Waals surface area contributed by atoms with E-state index in [9.17, 15) is 4.79 Å². The third-order valence-electron chi connectivity index (χ3n) is 1.82. The van der Waals surface area contributed by atoms with Crippen molar-refractivity contribution in [1.29, 1.82) is 0 Å². The first kappa shape index (κ1) is 9.25. The van der Waals surface area contributed by atoms with Crippen molar-refractivity contribution in [3.63, 3.8) is 0 Å². The normalized spacial score (nSPS) is 22.8. The lowest BCUT2D eigenvalue weighted by Gasteiger charge is -2.23. The predicted molar refractivity (Wildman–Crippen MR) is 50.8 cm³/mol. The van der Waals surface area contributed by atoms with Crippen molar-refractivity contribution >= 4 is 23.2 Å². The maximum atomic E-state index is 11.2. The lowest BCUT2D eigenvalue weighted by Crippen LogP contribution is -2.52. The molecule has 0 aliphatic carbocycles. The Morgan fingerprint density at radius 2 is 2.50 bits per heavy atom. The van der Waals surface area contributed by atoms with E-state index >= 15 is 0 Å². The fraction of sp³-hybridized carbons (Fsp3) is 0.714. The van der Waals surface area contributed by atoms with E-state index in [1.807, 2.05) is 0 Å². The van der Waals surface area contributed by atoms with Crippen LogP contribution in [0, 0.1) is 0 Å². The molecule has 0 aromatic heterocycles. The highest BCUT2D eigenvalue weighted by Gasteiger charge is 2.21. The van der Waals surface area contributed by atoms with Crippen LogP contribution in [0.2, 0.25) is 0 Å². The third-order valence-corrected chi connectivity index (χ3v) is 2.14. The van der Waals surface area contributed by atoms with Gasteiger partial charge in [-0.3, -0.25) is 4.79 Å². The molecule has 68 valence electrons. The minimum atomic E-state index is -0.154. The van der Waals surface area contributed by atoms with Crippen molar-refractivity contribution in [3.05, 3.63) is 0 Å². The molecule has 12 heavy (non-hydrogen) atoms. The van der Waals surface area contributed by atoms with Gasteiger partial charge < -0.3 is 16.0 Å². The molecule has 1 aliphatic heterocycles. The summed E-state index contributed by atoms with van der Waals surface area (Å²) in [5.41, 5.74) is 0. The number of thiocarbonyl (C=S) groups is 1. The van der Waals surface area contributed by atoms with Crippen LogP contribution in [0.5, 0.6) is 0 Å². The highest BCUT2D eigenvalue weighted by atomic mass is 32.1. The number of hydrogen-bond acceptors (Lipinski definition) is 2. The maximum Gasteiger partial charge on any atom is 0.242 e. The number of carbonyl (C=O) groups is 1. The van der Waals surface area contributed by atoms with E-state index in [1.54, 1.807) is 7.05 Å². The number of carbonyl (C=O) groups excluding carboxylic acids is 1. The second-order valence-corrected chi connectivity index (χ2v) is 3.12. The molecule has 1 atom stereocenters. The Bertz CT molecular complexity index is 195. The molecular formula is C7H13N3OS. The fourth-order valence-electron chi connectivity index (χ4n) is 1.14. The Kier molecular flexibility index (Phi) is 3.28. The van der Waals surface area contributed by atoms with Crippen LogP contribution in [0.25, 0.3) is 0 Å². The van der Waals surface area contributed by atoms with E-state index in [1.165, 1.54) is 0 Å². The van der Waals surface area contributed by atoms with E-state index in [0.717, 1.165) is 19.4 Å². The lowest BCUT2D eigenvalue weighted by molar-refractivity contribution is -0.124. The van der Waals surface area contributed by atoms with Gasteiger partial charge >= 0.3 is 0 Å². The summed E-state index contributed by atoms with van der Waals surface area (Å²) in [6.45, 7) is 0.781. The van der Waals surface area contributed by atoms with E-state index in [-0.39, 0.29) is 11.9 Å². The zero-order valence-electron chi connectivity index (χ0n) is 7.02. The molecule has 1 heterocycles. The minimum Gasteiger partial charge on any atom is -0.366 e. The summed E-state index contributed by atoms with van der Waals surface area (Å²) in [7, 11) is 1.73. The van der Waals surface area contributed by atoms with Gasteiger partial charge in [-0.05, 0) is 25.1 Å². The molecule has 0 bridgehead atoms. The SMILES string of the molecule is CNC(=S)NC1CCCNC1=O. The van der Waals surface area contributed by atoms with Crippen LogP contribution >= 0.6 is 12.2 Å². The van der Waals surface area contributed by atoms with Crippen molar-refractivity contribution in [2.75, 3.05) is 13.6 Å². The second-order valence-electron chi connectivity index (χ2n) is 2.71. The van der Waals surface area contributed by atoms with Gasteiger partial charge in [-0.15, -0.1) is 0 Å². The number of rotatable bonds is 1.